The van der Waals surface area contributed by atoms with E-state index in [0.717, 1.165) is 0 Å². The molecule has 12 heavy (non-hydrogen) atoms. The zero-order valence-electron chi connectivity index (χ0n) is 8.59. The molecule has 67 valence electrons. The number of hydrogen-bond donors (Lipinski definition) is 0. The quantitative estimate of drug-likeness (QED) is 0.546. The van der Waals surface area contributed by atoms with E-state index in [1.165, 1.54) is 12.0 Å². The van der Waals surface area contributed by atoms with Crippen molar-refractivity contribution in [3.63, 3.8) is 0 Å². The van der Waals surface area contributed by atoms with Gasteiger partial charge in [0.1, 0.15) is 0 Å². The van der Waals surface area contributed by atoms with Crippen LogP contribution in [0.4, 0.5) is 0 Å². The zero-order valence-corrected chi connectivity index (χ0v) is 8.59. The fourth-order valence-electron chi connectivity index (χ4n) is 2.16. The van der Waals surface area contributed by atoms with E-state index >= 15 is 0 Å². The van der Waals surface area contributed by atoms with Gasteiger partial charge in [0.05, 0.1) is 0 Å². The minimum Gasteiger partial charge on any atom is -0.0847 e. The highest BCUT2D eigenvalue weighted by atomic mass is 14.4. The molecule has 1 aliphatic carbocycles. The van der Waals surface area contributed by atoms with Crippen molar-refractivity contribution in [1.29, 1.82) is 0 Å². The van der Waals surface area contributed by atoms with Gasteiger partial charge in [-0.25, -0.2) is 0 Å². The minimum absolute atomic E-state index is 0.343. The summed E-state index contributed by atoms with van der Waals surface area (Å²) in [5.74, 6) is 1.22. The molecule has 0 aromatic rings. The van der Waals surface area contributed by atoms with Crippen LogP contribution in [-0.4, -0.2) is 0 Å². The van der Waals surface area contributed by atoms with Gasteiger partial charge in [-0.05, 0) is 30.6 Å². The highest BCUT2D eigenvalue weighted by molar-refractivity contribution is 5.19. The Morgan fingerprint density at radius 2 is 2.25 bits per heavy atom. The van der Waals surface area contributed by atoms with E-state index in [0.29, 0.717) is 17.3 Å². The monoisotopic (exact) mass is 163 g/mol. The number of hydrogen-bond acceptors (Lipinski definition) is 0. The van der Waals surface area contributed by atoms with Crippen LogP contribution in [0.5, 0.6) is 0 Å². The summed E-state index contributed by atoms with van der Waals surface area (Å²) in [5.41, 5.74) is 1.86. The largest absolute Gasteiger partial charge is 0.0847 e. The molecule has 0 saturated carbocycles. The Morgan fingerprint density at radius 1 is 1.67 bits per heavy atom. The van der Waals surface area contributed by atoms with Crippen LogP contribution in [0.25, 0.3) is 0 Å². The Morgan fingerprint density at radius 3 is 2.58 bits per heavy atom. The standard InChI is InChI=1S/C12H19/c1-6-9(2)11-8-7-10(3)12(11,4)5/h1,6-7,9,11H,8H2,2-5H3. The van der Waals surface area contributed by atoms with E-state index < -0.39 is 0 Å². The van der Waals surface area contributed by atoms with Gasteiger partial charge in [-0.2, -0.15) is 0 Å². The smallest absolute Gasteiger partial charge is 0.0111 e. The third kappa shape index (κ3) is 1.35. The first-order chi connectivity index (χ1) is 5.50. The lowest BCUT2D eigenvalue weighted by molar-refractivity contribution is 0.239. The molecule has 0 heteroatoms. The fraction of sp³-hybridized carbons (Fsp3) is 0.667. The molecule has 0 aromatic carbocycles. The Kier molecular flexibility index (Phi) is 2.46. The van der Waals surface area contributed by atoms with E-state index in [1.807, 2.05) is 6.08 Å². The van der Waals surface area contributed by atoms with Crippen molar-refractivity contribution in [2.24, 2.45) is 17.3 Å². The molecular weight excluding hydrogens is 144 g/mol. The van der Waals surface area contributed by atoms with Gasteiger partial charge >= 0.3 is 0 Å². The highest BCUT2D eigenvalue weighted by Crippen LogP contribution is 2.46. The molecule has 0 amide bonds. The molecule has 0 N–H and O–H groups in total. The number of allylic oxidation sites excluding steroid dienone is 3. The molecule has 1 aliphatic rings. The Balaban J connectivity index is 2.80. The van der Waals surface area contributed by atoms with Crippen molar-refractivity contribution in [3.8, 4) is 0 Å². The molecule has 1 radical (unpaired) electrons. The summed E-state index contributed by atoms with van der Waals surface area (Å²) in [6.45, 7) is 14.6. The van der Waals surface area contributed by atoms with Crippen molar-refractivity contribution in [2.45, 2.75) is 34.1 Å². The van der Waals surface area contributed by atoms with Crippen LogP contribution < -0.4 is 0 Å². The van der Waals surface area contributed by atoms with E-state index in [9.17, 15) is 0 Å². The lowest BCUT2D eigenvalue weighted by atomic mass is 9.72. The maximum Gasteiger partial charge on any atom is -0.0111 e. The summed E-state index contributed by atoms with van der Waals surface area (Å²) in [6, 6.07) is 0. The summed E-state index contributed by atoms with van der Waals surface area (Å²) < 4.78 is 0. The summed E-state index contributed by atoms with van der Waals surface area (Å²) in [4.78, 5) is 0. The molecule has 0 spiro atoms. The average Bonchev–Trinajstić information content (AvgIpc) is 2.27. The van der Waals surface area contributed by atoms with Gasteiger partial charge in [0.2, 0.25) is 0 Å². The van der Waals surface area contributed by atoms with Crippen molar-refractivity contribution in [3.05, 3.63) is 24.3 Å². The maximum absolute atomic E-state index is 5.57. The highest BCUT2D eigenvalue weighted by Gasteiger charge is 2.36. The minimum atomic E-state index is 0.343. The van der Waals surface area contributed by atoms with Crippen LogP contribution in [0.3, 0.4) is 0 Å². The van der Waals surface area contributed by atoms with E-state index in [1.54, 1.807) is 0 Å². The van der Waals surface area contributed by atoms with Crippen molar-refractivity contribution >= 4 is 0 Å². The van der Waals surface area contributed by atoms with E-state index in [-0.39, 0.29) is 0 Å². The van der Waals surface area contributed by atoms with Crippen LogP contribution in [-0.2, 0) is 0 Å². The molecule has 0 bridgehead atoms. The first-order valence-electron chi connectivity index (χ1n) is 4.72. The van der Waals surface area contributed by atoms with Gasteiger partial charge in [-0.3, -0.25) is 0 Å². The first-order valence-corrected chi connectivity index (χ1v) is 4.72. The van der Waals surface area contributed by atoms with Gasteiger partial charge in [0.15, 0.2) is 0 Å². The van der Waals surface area contributed by atoms with Crippen LogP contribution in [0.2, 0.25) is 0 Å². The molecule has 0 nitrogen and oxygen atoms in total. The summed E-state index contributed by atoms with van der Waals surface area (Å²) >= 11 is 0. The van der Waals surface area contributed by atoms with Crippen LogP contribution in [0.15, 0.2) is 17.7 Å². The Labute approximate surface area is 76.4 Å². The topological polar surface area (TPSA) is 0 Å². The lowest BCUT2D eigenvalue weighted by Crippen LogP contribution is -2.25. The molecule has 0 fully saturated rings. The number of rotatable bonds is 2. The second-order valence-electron chi connectivity index (χ2n) is 4.50. The first kappa shape index (κ1) is 9.57. The molecule has 2 atom stereocenters. The summed E-state index contributed by atoms with van der Waals surface area (Å²) in [5, 5.41) is 0. The van der Waals surface area contributed by atoms with E-state index in [2.05, 4.69) is 33.8 Å². The Bertz CT molecular complexity index is 208. The third-order valence-corrected chi connectivity index (χ3v) is 3.56. The Hall–Kier alpha value is -0.520. The van der Waals surface area contributed by atoms with Gasteiger partial charge in [0, 0.05) is 0 Å². The molecule has 1 rings (SSSR count). The zero-order chi connectivity index (χ0) is 9.35. The summed E-state index contributed by atoms with van der Waals surface area (Å²) in [7, 11) is 0. The van der Waals surface area contributed by atoms with Crippen LogP contribution in [0.1, 0.15) is 34.1 Å². The van der Waals surface area contributed by atoms with Gasteiger partial charge in [-0.15, -0.1) is 0 Å². The third-order valence-electron chi connectivity index (χ3n) is 3.56. The SMILES string of the molecule is [CH]=CC(C)C1CC=C(C)C1(C)C. The molecule has 0 aliphatic heterocycles. The second kappa shape index (κ2) is 3.08. The fourth-order valence-corrected chi connectivity index (χ4v) is 2.16. The van der Waals surface area contributed by atoms with Crippen LogP contribution >= 0.6 is 0 Å². The maximum atomic E-state index is 5.57. The van der Waals surface area contributed by atoms with Gasteiger partial charge in [0.25, 0.3) is 0 Å². The van der Waals surface area contributed by atoms with Gasteiger partial charge < -0.3 is 0 Å². The molecule has 0 heterocycles. The van der Waals surface area contributed by atoms with Crippen molar-refractivity contribution in [2.75, 3.05) is 0 Å². The predicted octanol–water partition coefficient (Wildman–Crippen LogP) is 3.60. The molecular formula is C12H19. The molecule has 0 aromatic heterocycles. The lowest BCUT2D eigenvalue weighted by Gasteiger charge is -2.32. The van der Waals surface area contributed by atoms with Gasteiger partial charge in [-0.1, -0.05) is 45.1 Å². The molecule has 0 saturated heterocycles. The second-order valence-corrected chi connectivity index (χ2v) is 4.50. The molecule has 2 unspecified atom stereocenters. The van der Waals surface area contributed by atoms with Crippen molar-refractivity contribution < 1.29 is 0 Å². The predicted molar refractivity (Wildman–Crippen MR) is 53.7 cm³/mol. The van der Waals surface area contributed by atoms with E-state index in [4.69, 9.17) is 6.58 Å². The summed E-state index contributed by atoms with van der Waals surface area (Å²) in [6.07, 6.45) is 5.37. The van der Waals surface area contributed by atoms with Crippen molar-refractivity contribution in [1.82, 2.24) is 0 Å². The van der Waals surface area contributed by atoms with Crippen LogP contribution in [0, 0.1) is 23.8 Å². The normalized spacial score (nSPS) is 29.7. The average molecular weight is 163 g/mol.